The summed E-state index contributed by atoms with van der Waals surface area (Å²) in [5.41, 5.74) is 1.11. The van der Waals surface area contributed by atoms with Crippen LogP contribution in [0.5, 0.6) is 5.75 Å². The van der Waals surface area contributed by atoms with Gasteiger partial charge in [0.25, 0.3) is 0 Å². The summed E-state index contributed by atoms with van der Waals surface area (Å²) in [5, 5.41) is 0. The van der Waals surface area contributed by atoms with Crippen LogP contribution in [0.15, 0.2) is 54.9 Å². The molecule has 1 amide bonds. The molecular formula is C16H16N2O2. The van der Waals surface area contributed by atoms with Crippen molar-refractivity contribution in [1.82, 2.24) is 9.88 Å². The molecule has 1 aliphatic heterocycles. The Morgan fingerprint density at radius 1 is 1.15 bits per heavy atom. The number of para-hydroxylation sites is 1. The average molecular weight is 268 g/mol. The molecule has 0 radical (unpaired) electrons. The van der Waals surface area contributed by atoms with Crippen LogP contribution in [0.1, 0.15) is 24.4 Å². The zero-order chi connectivity index (χ0) is 13.8. The minimum Gasteiger partial charge on any atom is -0.410 e. The largest absolute Gasteiger partial charge is 0.415 e. The number of hydrogen-bond acceptors (Lipinski definition) is 3. The number of hydrogen-bond donors (Lipinski definition) is 0. The Morgan fingerprint density at radius 2 is 1.90 bits per heavy atom. The van der Waals surface area contributed by atoms with E-state index in [1.54, 1.807) is 29.4 Å². The number of nitrogens with zero attached hydrogens (tertiary/aromatic N) is 2. The second-order valence-corrected chi connectivity index (χ2v) is 4.81. The second kappa shape index (κ2) is 5.74. The normalized spacial score (nSPS) is 18.0. The number of carbonyl (C=O) groups excluding carboxylic acids is 1. The summed E-state index contributed by atoms with van der Waals surface area (Å²) >= 11 is 0. The van der Waals surface area contributed by atoms with Crippen molar-refractivity contribution in [1.29, 1.82) is 0 Å². The van der Waals surface area contributed by atoms with E-state index in [0.717, 1.165) is 24.9 Å². The van der Waals surface area contributed by atoms with Crippen LogP contribution in [-0.4, -0.2) is 22.5 Å². The molecule has 4 nitrogen and oxygen atoms in total. The van der Waals surface area contributed by atoms with Gasteiger partial charge in [0.2, 0.25) is 0 Å². The molecule has 1 saturated heterocycles. The zero-order valence-electron chi connectivity index (χ0n) is 11.1. The third-order valence-electron chi connectivity index (χ3n) is 3.53. The van der Waals surface area contributed by atoms with Crippen molar-refractivity contribution in [2.75, 3.05) is 6.54 Å². The number of aromatic nitrogens is 1. The van der Waals surface area contributed by atoms with Crippen LogP contribution in [0.4, 0.5) is 4.79 Å². The molecule has 1 aromatic carbocycles. The molecule has 0 N–H and O–H groups in total. The number of amides is 1. The van der Waals surface area contributed by atoms with E-state index in [9.17, 15) is 4.79 Å². The molecule has 3 rings (SSSR count). The van der Waals surface area contributed by atoms with Gasteiger partial charge in [-0.25, -0.2) is 4.79 Å². The Kier molecular flexibility index (Phi) is 3.63. The van der Waals surface area contributed by atoms with Gasteiger partial charge in [0.05, 0.1) is 6.04 Å². The number of ether oxygens (including phenoxy) is 1. The Morgan fingerprint density at radius 3 is 2.65 bits per heavy atom. The first-order valence-corrected chi connectivity index (χ1v) is 6.78. The van der Waals surface area contributed by atoms with Gasteiger partial charge in [-0.15, -0.1) is 0 Å². The fourth-order valence-electron chi connectivity index (χ4n) is 2.57. The Labute approximate surface area is 118 Å². The lowest BCUT2D eigenvalue weighted by atomic mass is 10.1. The van der Waals surface area contributed by atoms with Crippen molar-refractivity contribution >= 4 is 6.09 Å². The van der Waals surface area contributed by atoms with Gasteiger partial charge in [0, 0.05) is 18.9 Å². The molecule has 0 aliphatic carbocycles. The predicted octanol–water partition coefficient (Wildman–Crippen LogP) is 3.42. The zero-order valence-corrected chi connectivity index (χ0v) is 11.1. The Hall–Kier alpha value is -2.36. The van der Waals surface area contributed by atoms with Crippen molar-refractivity contribution in [2.45, 2.75) is 18.9 Å². The van der Waals surface area contributed by atoms with E-state index in [4.69, 9.17) is 4.74 Å². The summed E-state index contributed by atoms with van der Waals surface area (Å²) in [6, 6.07) is 13.2. The fourth-order valence-corrected chi connectivity index (χ4v) is 2.57. The van der Waals surface area contributed by atoms with Gasteiger partial charge in [0.1, 0.15) is 5.75 Å². The molecule has 102 valence electrons. The summed E-state index contributed by atoms with van der Waals surface area (Å²) in [6.45, 7) is 0.735. The summed E-state index contributed by atoms with van der Waals surface area (Å²) in [6.07, 6.45) is 5.20. The minimum absolute atomic E-state index is 0.0919. The summed E-state index contributed by atoms with van der Waals surface area (Å²) in [5.74, 6) is 0.581. The van der Waals surface area contributed by atoms with Crippen molar-refractivity contribution in [3.05, 3.63) is 60.4 Å². The molecule has 2 aromatic rings. The molecule has 1 unspecified atom stereocenters. The van der Waals surface area contributed by atoms with Gasteiger partial charge in [0.15, 0.2) is 0 Å². The monoisotopic (exact) mass is 268 g/mol. The molecule has 1 fully saturated rings. The summed E-state index contributed by atoms with van der Waals surface area (Å²) in [7, 11) is 0. The molecule has 2 heterocycles. The SMILES string of the molecule is O=C(Oc1ccccc1)N1CCCC1c1ccncc1. The first-order chi connectivity index (χ1) is 9.84. The topological polar surface area (TPSA) is 42.4 Å². The van der Waals surface area contributed by atoms with Gasteiger partial charge in [-0.2, -0.15) is 0 Å². The molecule has 4 heteroatoms. The second-order valence-electron chi connectivity index (χ2n) is 4.81. The van der Waals surface area contributed by atoms with Crippen molar-refractivity contribution in [3.8, 4) is 5.75 Å². The fraction of sp³-hybridized carbons (Fsp3) is 0.250. The number of likely N-dealkylation sites (tertiary alicyclic amines) is 1. The maximum Gasteiger partial charge on any atom is 0.415 e. The van der Waals surface area contributed by atoms with E-state index in [-0.39, 0.29) is 12.1 Å². The third kappa shape index (κ3) is 2.64. The lowest BCUT2D eigenvalue weighted by molar-refractivity contribution is 0.147. The van der Waals surface area contributed by atoms with Crippen LogP contribution >= 0.6 is 0 Å². The van der Waals surface area contributed by atoms with Gasteiger partial charge in [-0.1, -0.05) is 18.2 Å². The number of carbonyl (C=O) groups is 1. The van der Waals surface area contributed by atoms with Gasteiger partial charge < -0.3 is 9.64 Å². The van der Waals surface area contributed by atoms with Crippen LogP contribution in [0.3, 0.4) is 0 Å². The first kappa shape index (κ1) is 12.7. The molecule has 0 spiro atoms. The highest BCUT2D eigenvalue weighted by Gasteiger charge is 2.31. The summed E-state index contributed by atoms with van der Waals surface area (Å²) in [4.78, 5) is 18.1. The van der Waals surface area contributed by atoms with Crippen molar-refractivity contribution in [3.63, 3.8) is 0 Å². The first-order valence-electron chi connectivity index (χ1n) is 6.78. The van der Waals surface area contributed by atoms with E-state index >= 15 is 0 Å². The van der Waals surface area contributed by atoms with Crippen LogP contribution in [0, 0.1) is 0 Å². The quantitative estimate of drug-likeness (QED) is 0.838. The molecular weight excluding hydrogens is 252 g/mol. The van der Waals surface area contributed by atoms with Crippen LogP contribution in [0.2, 0.25) is 0 Å². The average Bonchev–Trinajstić information content (AvgIpc) is 2.99. The Balaban J connectivity index is 1.74. The van der Waals surface area contributed by atoms with Crippen molar-refractivity contribution < 1.29 is 9.53 Å². The minimum atomic E-state index is -0.282. The van der Waals surface area contributed by atoms with Gasteiger partial charge in [-0.05, 0) is 42.7 Å². The molecule has 1 aromatic heterocycles. The smallest absolute Gasteiger partial charge is 0.410 e. The van der Waals surface area contributed by atoms with Gasteiger partial charge >= 0.3 is 6.09 Å². The summed E-state index contributed by atoms with van der Waals surface area (Å²) < 4.78 is 5.42. The number of benzene rings is 1. The highest BCUT2D eigenvalue weighted by Crippen LogP contribution is 2.32. The Bertz CT molecular complexity index is 572. The van der Waals surface area contributed by atoms with E-state index in [1.165, 1.54) is 0 Å². The van der Waals surface area contributed by atoms with Crippen molar-refractivity contribution in [2.24, 2.45) is 0 Å². The molecule has 0 bridgehead atoms. The van der Waals surface area contributed by atoms with E-state index in [2.05, 4.69) is 4.98 Å². The highest BCUT2D eigenvalue weighted by molar-refractivity contribution is 5.71. The van der Waals surface area contributed by atoms with Gasteiger partial charge in [-0.3, -0.25) is 4.98 Å². The van der Waals surface area contributed by atoms with E-state index in [0.29, 0.717) is 5.75 Å². The predicted molar refractivity (Wildman–Crippen MR) is 75.4 cm³/mol. The van der Waals surface area contributed by atoms with E-state index in [1.807, 2.05) is 30.3 Å². The molecule has 20 heavy (non-hydrogen) atoms. The maximum atomic E-state index is 12.3. The standard InChI is InChI=1S/C16H16N2O2/c19-16(20-14-5-2-1-3-6-14)18-12-4-7-15(18)13-8-10-17-11-9-13/h1-3,5-6,8-11,15H,4,7,12H2. The van der Waals surface area contributed by atoms with Crippen LogP contribution < -0.4 is 4.74 Å². The maximum absolute atomic E-state index is 12.3. The number of rotatable bonds is 2. The lowest BCUT2D eigenvalue weighted by Crippen LogP contribution is -2.33. The third-order valence-corrected chi connectivity index (χ3v) is 3.53. The lowest BCUT2D eigenvalue weighted by Gasteiger charge is -2.24. The molecule has 1 aliphatic rings. The van der Waals surface area contributed by atoms with Crippen LogP contribution in [0.25, 0.3) is 0 Å². The molecule has 0 saturated carbocycles. The molecule has 1 atom stereocenters. The highest BCUT2D eigenvalue weighted by atomic mass is 16.6. The van der Waals surface area contributed by atoms with Crippen LogP contribution in [-0.2, 0) is 0 Å². The number of pyridine rings is 1. The van der Waals surface area contributed by atoms with E-state index < -0.39 is 0 Å².